The Morgan fingerprint density at radius 3 is 1.90 bits per heavy atom. The number of hydrogen-bond donors (Lipinski definition) is 3. The maximum Gasteiger partial charge on any atom is 0.371 e. The minimum Gasteiger partial charge on any atom is -0.508 e. The highest BCUT2D eigenvalue weighted by Crippen LogP contribution is 2.12. The number of methoxy groups -OCH3 is 1. The van der Waals surface area contributed by atoms with Crippen molar-refractivity contribution in [2.45, 2.75) is 39.8 Å². The molecule has 5 heteroatoms. The molecule has 1 aromatic carbocycles. The fourth-order valence-corrected chi connectivity index (χ4v) is 1.60. The third kappa shape index (κ3) is 9.51. The third-order valence-corrected chi connectivity index (χ3v) is 2.29. The molecule has 3 N–H and O–H groups in total. The van der Waals surface area contributed by atoms with Gasteiger partial charge < -0.3 is 20.3 Å². The second-order valence-corrected chi connectivity index (χ2v) is 5.09. The van der Waals surface area contributed by atoms with E-state index in [9.17, 15) is 4.79 Å². The van der Waals surface area contributed by atoms with E-state index in [2.05, 4.69) is 37.7 Å². The van der Waals surface area contributed by atoms with Crippen LogP contribution in [-0.2, 0) is 9.53 Å². The van der Waals surface area contributed by atoms with Crippen LogP contribution in [0.3, 0.4) is 0 Å². The predicted molar refractivity (Wildman–Crippen MR) is 84.1 cm³/mol. The number of hydrogen-bond acceptors (Lipinski definition) is 4. The van der Waals surface area contributed by atoms with E-state index in [4.69, 9.17) is 10.2 Å². The number of aromatic hydroxyl groups is 1. The summed E-state index contributed by atoms with van der Waals surface area (Å²) >= 11 is 0. The van der Waals surface area contributed by atoms with E-state index in [-0.39, 0.29) is 11.5 Å². The van der Waals surface area contributed by atoms with Crippen LogP contribution in [0.2, 0.25) is 0 Å². The zero-order valence-corrected chi connectivity index (χ0v) is 13.3. The van der Waals surface area contributed by atoms with Crippen LogP contribution < -0.4 is 5.32 Å². The van der Waals surface area contributed by atoms with E-state index < -0.39 is 5.97 Å². The summed E-state index contributed by atoms with van der Waals surface area (Å²) in [6.45, 7) is 8.61. The van der Waals surface area contributed by atoms with E-state index in [1.807, 2.05) is 0 Å². The molecule has 0 atom stereocenters. The molecule has 0 aliphatic heterocycles. The van der Waals surface area contributed by atoms with Crippen LogP contribution >= 0.6 is 0 Å². The standard InChI is InChI=1S/C10H10O4.C6H15N/c1-14-9(10(12)13)6-7-2-4-8(11)5-3-7;1-5(2)7-6(3)4/h2-6,11H,1H3,(H,12,13);5-7H,1-4H3/b9-6-;. The fourth-order valence-electron chi connectivity index (χ4n) is 1.60. The first-order chi connectivity index (χ1) is 9.76. The first-order valence-electron chi connectivity index (χ1n) is 6.80. The molecule has 1 rings (SSSR count). The van der Waals surface area contributed by atoms with Crippen LogP contribution in [0.1, 0.15) is 33.3 Å². The molecule has 1 aromatic rings. The second-order valence-electron chi connectivity index (χ2n) is 5.09. The fraction of sp³-hybridized carbons (Fsp3) is 0.438. The SMILES string of the molecule is CC(C)NC(C)C.CO/C(=C\c1ccc(O)cc1)C(=O)O. The van der Waals surface area contributed by atoms with Gasteiger partial charge in [-0.2, -0.15) is 0 Å². The van der Waals surface area contributed by atoms with Crippen molar-refractivity contribution in [3.63, 3.8) is 0 Å². The molecule has 0 fully saturated rings. The van der Waals surface area contributed by atoms with Gasteiger partial charge in [-0.25, -0.2) is 4.79 Å². The van der Waals surface area contributed by atoms with Crippen molar-refractivity contribution in [3.8, 4) is 5.75 Å². The number of rotatable bonds is 5. The monoisotopic (exact) mass is 295 g/mol. The summed E-state index contributed by atoms with van der Waals surface area (Å²) < 4.78 is 4.64. The number of carboxylic acid groups (broad SMARTS) is 1. The van der Waals surface area contributed by atoms with Gasteiger partial charge >= 0.3 is 5.97 Å². The summed E-state index contributed by atoms with van der Waals surface area (Å²) in [6, 6.07) is 7.39. The Hall–Kier alpha value is -2.01. The molecule has 0 aromatic heterocycles. The van der Waals surface area contributed by atoms with Gasteiger partial charge in [0.1, 0.15) is 5.75 Å². The molecule has 0 saturated carbocycles. The zero-order chi connectivity index (χ0) is 16.4. The summed E-state index contributed by atoms with van der Waals surface area (Å²) in [4.78, 5) is 10.6. The summed E-state index contributed by atoms with van der Waals surface area (Å²) in [7, 11) is 1.29. The number of carbonyl (C=O) groups is 1. The van der Waals surface area contributed by atoms with Crippen molar-refractivity contribution in [2.75, 3.05) is 7.11 Å². The van der Waals surface area contributed by atoms with Gasteiger partial charge in [-0.05, 0) is 23.8 Å². The maximum atomic E-state index is 10.6. The Morgan fingerprint density at radius 1 is 1.14 bits per heavy atom. The second kappa shape index (κ2) is 9.83. The highest BCUT2D eigenvalue weighted by Gasteiger charge is 2.05. The number of phenolic OH excluding ortho intramolecular Hbond substituents is 1. The maximum absolute atomic E-state index is 10.6. The van der Waals surface area contributed by atoms with Gasteiger partial charge in [-0.1, -0.05) is 39.8 Å². The van der Waals surface area contributed by atoms with Crippen LogP contribution in [0.15, 0.2) is 30.0 Å². The van der Waals surface area contributed by atoms with Gasteiger partial charge in [0.15, 0.2) is 0 Å². The van der Waals surface area contributed by atoms with Crippen molar-refractivity contribution in [2.24, 2.45) is 0 Å². The molecule has 5 nitrogen and oxygen atoms in total. The first-order valence-corrected chi connectivity index (χ1v) is 6.80. The summed E-state index contributed by atoms with van der Waals surface area (Å²) in [5, 5.41) is 20.9. The average molecular weight is 295 g/mol. The molecule has 118 valence electrons. The summed E-state index contributed by atoms with van der Waals surface area (Å²) in [5.41, 5.74) is 0.655. The van der Waals surface area contributed by atoms with E-state index in [0.29, 0.717) is 17.6 Å². The van der Waals surface area contributed by atoms with Gasteiger partial charge in [0.2, 0.25) is 5.76 Å². The highest BCUT2D eigenvalue weighted by molar-refractivity contribution is 5.89. The van der Waals surface area contributed by atoms with Gasteiger partial charge in [-0.3, -0.25) is 0 Å². The molecule has 0 aliphatic rings. The highest BCUT2D eigenvalue weighted by atomic mass is 16.5. The van der Waals surface area contributed by atoms with Gasteiger partial charge in [0.25, 0.3) is 0 Å². The number of phenols is 1. The zero-order valence-electron chi connectivity index (χ0n) is 13.3. The number of benzene rings is 1. The molecule has 0 aliphatic carbocycles. The minimum atomic E-state index is -1.12. The lowest BCUT2D eigenvalue weighted by Crippen LogP contribution is -2.29. The van der Waals surface area contributed by atoms with Crippen molar-refractivity contribution in [1.29, 1.82) is 0 Å². The quantitative estimate of drug-likeness (QED) is 0.575. The molecule has 0 saturated heterocycles. The van der Waals surface area contributed by atoms with Gasteiger partial charge in [-0.15, -0.1) is 0 Å². The Labute approximate surface area is 126 Å². The van der Waals surface area contributed by atoms with Crippen LogP contribution in [-0.4, -0.2) is 35.4 Å². The molecular formula is C16H25NO4. The van der Waals surface area contributed by atoms with E-state index in [1.54, 1.807) is 12.1 Å². The van der Waals surface area contributed by atoms with Gasteiger partial charge in [0.05, 0.1) is 7.11 Å². The minimum absolute atomic E-state index is 0.136. The Kier molecular flexibility index (Phi) is 8.88. The summed E-state index contributed by atoms with van der Waals surface area (Å²) in [5.74, 6) is -1.13. The molecule has 0 amide bonds. The van der Waals surface area contributed by atoms with Crippen molar-refractivity contribution >= 4 is 12.0 Å². The Balaban J connectivity index is 0.000000486. The third-order valence-electron chi connectivity index (χ3n) is 2.29. The average Bonchev–Trinajstić information content (AvgIpc) is 2.36. The first kappa shape index (κ1) is 19.0. The molecule has 21 heavy (non-hydrogen) atoms. The predicted octanol–water partition coefficient (Wildman–Crippen LogP) is 2.86. The smallest absolute Gasteiger partial charge is 0.371 e. The lowest BCUT2D eigenvalue weighted by atomic mass is 10.2. The topological polar surface area (TPSA) is 78.8 Å². The van der Waals surface area contributed by atoms with Crippen LogP contribution in [0, 0.1) is 0 Å². The van der Waals surface area contributed by atoms with Crippen LogP contribution in [0.5, 0.6) is 5.75 Å². The Bertz CT molecular complexity index is 444. The van der Waals surface area contributed by atoms with E-state index in [1.165, 1.54) is 25.3 Å². The molecule has 0 unspecified atom stereocenters. The number of carboxylic acids is 1. The lowest BCUT2D eigenvalue weighted by Gasteiger charge is -2.10. The normalized spacial score (nSPS) is 11.1. The lowest BCUT2D eigenvalue weighted by molar-refractivity contribution is -0.135. The number of aliphatic carboxylic acids is 1. The van der Waals surface area contributed by atoms with Crippen LogP contribution in [0.25, 0.3) is 6.08 Å². The van der Waals surface area contributed by atoms with E-state index in [0.717, 1.165) is 0 Å². The molecule has 0 radical (unpaired) electrons. The van der Waals surface area contributed by atoms with Crippen molar-refractivity contribution < 1.29 is 19.7 Å². The van der Waals surface area contributed by atoms with Gasteiger partial charge in [0, 0.05) is 12.1 Å². The molecular weight excluding hydrogens is 270 g/mol. The van der Waals surface area contributed by atoms with E-state index >= 15 is 0 Å². The molecule has 0 bridgehead atoms. The summed E-state index contributed by atoms with van der Waals surface area (Å²) in [6.07, 6.45) is 1.38. The molecule has 0 spiro atoms. The number of nitrogens with one attached hydrogen (secondary N) is 1. The molecule has 0 heterocycles. The largest absolute Gasteiger partial charge is 0.508 e. The number of ether oxygens (including phenoxy) is 1. The Morgan fingerprint density at radius 2 is 1.62 bits per heavy atom. The van der Waals surface area contributed by atoms with Crippen LogP contribution in [0.4, 0.5) is 0 Å². The van der Waals surface area contributed by atoms with Crippen molar-refractivity contribution in [3.05, 3.63) is 35.6 Å². The van der Waals surface area contributed by atoms with Crippen molar-refractivity contribution in [1.82, 2.24) is 5.32 Å².